The Morgan fingerprint density at radius 3 is 1.68 bits per heavy atom. The van der Waals surface area contributed by atoms with Crippen molar-refractivity contribution < 1.29 is 4.79 Å². The van der Waals surface area contributed by atoms with Crippen LogP contribution in [0.1, 0.15) is 22.3 Å². The molecule has 0 aliphatic heterocycles. The van der Waals surface area contributed by atoms with E-state index in [9.17, 15) is 4.79 Å². The van der Waals surface area contributed by atoms with Crippen molar-refractivity contribution in [2.45, 2.75) is 18.4 Å². The van der Waals surface area contributed by atoms with E-state index in [0.29, 0.717) is 12.8 Å². The number of nitrogens with one attached hydrogen (secondary N) is 3. The van der Waals surface area contributed by atoms with E-state index in [-0.39, 0.29) is 5.49 Å². The van der Waals surface area contributed by atoms with Gasteiger partial charge in [-0.1, -0.05) is 54.6 Å². The number of pyridine rings is 1. The Morgan fingerprint density at radius 1 is 0.786 bits per heavy atom. The maximum Gasteiger partial charge on any atom is 0.146 e. The highest BCUT2D eigenvalue weighted by Crippen LogP contribution is 2.25. The minimum atomic E-state index is -0.948. The van der Waals surface area contributed by atoms with Crippen molar-refractivity contribution in [2.75, 3.05) is 0 Å². The molecule has 1 aromatic heterocycles. The zero-order valence-corrected chi connectivity index (χ0v) is 15.4. The third-order valence-corrected chi connectivity index (χ3v) is 4.87. The summed E-state index contributed by atoms with van der Waals surface area (Å²) in [7, 11) is 0. The summed E-state index contributed by atoms with van der Waals surface area (Å²) >= 11 is 0. The fourth-order valence-electron chi connectivity index (χ4n) is 3.37. The Balaban J connectivity index is 2.06. The van der Waals surface area contributed by atoms with E-state index in [1.165, 1.54) is 12.4 Å². The quantitative estimate of drug-likeness (QED) is 0.412. The van der Waals surface area contributed by atoms with Gasteiger partial charge in [0.05, 0.1) is 0 Å². The van der Waals surface area contributed by atoms with Gasteiger partial charge in [-0.05, 0) is 34.4 Å². The van der Waals surface area contributed by atoms with Crippen molar-refractivity contribution in [1.29, 1.82) is 16.2 Å². The van der Waals surface area contributed by atoms with Crippen LogP contribution in [0.3, 0.4) is 0 Å². The highest BCUT2D eigenvalue weighted by molar-refractivity contribution is 5.77. The number of aldehydes is 1. The normalized spacial score (nSPS) is 12.7. The predicted molar refractivity (Wildman–Crippen MR) is 110 cm³/mol. The molecule has 140 valence electrons. The van der Waals surface area contributed by atoms with Gasteiger partial charge in [0.1, 0.15) is 17.3 Å². The number of nitrogens with zero attached hydrogens (tertiary/aromatic N) is 1. The Hall–Kier alpha value is -3.60. The van der Waals surface area contributed by atoms with Crippen molar-refractivity contribution in [1.82, 2.24) is 4.57 Å². The Kier molecular flexibility index (Phi) is 5.75. The van der Waals surface area contributed by atoms with E-state index < -0.39 is 5.54 Å². The maximum absolute atomic E-state index is 12.5. The van der Waals surface area contributed by atoms with Crippen LogP contribution < -0.4 is 5.49 Å². The average Bonchev–Trinajstić information content (AvgIpc) is 2.74. The van der Waals surface area contributed by atoms with Gasteiger partial charge < -0.3 is 20.2 Å². The molecule has 0 aliphatic rings. The summed E-state index contributed by atoms with van der Waals surface area (Å²) in [6.07, 6.45) is 6.14. The fraction of sp³-hybridized carbons (Fsp3) is 0.130. The lowest BCUT2D eigenvalue weighted by atomic mass is 9.85. The lowest BCUT2D eigenvalue weighted by molar-refractivity contribution is -0.115. The highest BCUT2D eigenvalue weighted by atomic mass is 16.1. The van der Waals surface area contributed by atoms with E-state index in [0.717, 1.165) is 28.5 Å². The van der Waals surface area contributed by atoms with Gasteiger partial charge in [-0.25, -0.2) is 0 Å². The molecule has 1 heterocycles. The summed E-state index contributed by atoms with van der Waals surface area (Å²) in [5, 5.41) is 23.0. The number of rotatable bonds is 8. The topological polar surface area (TPSA) is 93.6 Å². The van der Waals surface area contributed by atoms with Crippen LogP contribution in [0.5, 0.6) is 0 Å². The van der Waals surface area contributed by atoms with Gasteiger partial charge in [-0.2, -0.15) is 0 Å². The molecule has 0 unspecified atom stereocenters. The summed E-state index contributed by atoms with van der Waals surface area (Å²) in [4.78, 5) is 12.5. The maximum atomic E-state index is 12.5. The van der Waals surface area contributed by atoms with Crippen molar-refractivity contribution in [2.24, 2.45) is 0 Å². The molecular weight excluding hydrogens is 348 g/mol. The van der Waals surface area contributed by atoms with Crippen LogP contribution >= 0.6 is 0 Å². The van der Waals surface area contributed by atoms with Gasteiger partial charge in [-0.15, -0.1) is 0 Å². The molecule has 28 heavy (non-hydrogen) atoms. The fourth-order valence-corrected chi connectivity index (χ4v) is 3.37. The van der Waals surface area contributed by atoms with Gasteiger partial charge in [0.25, 0.3) is 0 Å². The summed E-state index contributed by atoms with van der Waals surface area (Å²) in [5.74, 6) is 0. The molecule has 3 N–H and O–H groups in total. The van der Waals surface area contributed by atoms with Crippen LogP contribution in [0.2, 0.25) is 0 Å². The second-order valence-electron chi connectivity index (χ2n) is 6.80. The largest absolute Gasteiger partial charge is 0.320 e. The van der Waals surface area contributed by atoms with Crippen molar-refractivity contribution in [3.8, 4) is 0 Å². The third-order valence-electron chi connectivity index (χ3n) is 4.87. The van der Waals surface area contributed by atoms with E-state index in [1.807, 2.05) is 54.6 Å². The van der Waals surface area contributed by atoms with Crippen LogP contribution in [0.4, 0.5) is 0 Å². The van der Waals surface area contributed by atoms with Gasteiger partial charge in [-0.3, -0.25) is 5.41 Å². The molecule has 5 nitrogen and oxygen atoms in total. The molecule has 0 bridgehead atoms. The van der Waals surface area contributed by atoms with Crippen LogP contribution in [0.15, 0.2) is 72.9 Å². The van der Waals surface area contributed by atoms with Crippen LogP contribution in [0.25, 0.3) is 0 Å². The first-order valence-electron chi connectivity index (χ1n) is 8.98. The number of benzene rings is 2. The lowest BCUT2D eigenvalue weighted by Crippen LogP contribution is -2.45. The minimum absolute atomic E-state index is 0.266. The van der Waals surface area contributed by atoms with Crippen LogP contribution in [-0.4, -0.2) is 23.3 Å². The smallest absolute Gasteiger partial charge is 0.146 e. The average molecular weight is 370 g/mol. The number of aromatic nitrogens is 1. The number of carbonyl (C=O) groups excluding carboxylic acids is 1. The lowest BCUT2D eigenvalue weighted by Gasteiger charge is -2.32. The van der Waals surface area contributed by atoms with Crippen molar-refractivity contribution in [3.63, 3.8) is 0 Å². The molecule has 0 fully saturated rings. The highest BCUT2D eigenvalue weighted by Gasteiger charge is 2.32. The first kappa shape index (κ1) is 19.2. The number of hydrogen-bond acceptors (Lipinski definition) is 4. The Morgan fingerprint density at radius 2 is 1.29 bits per heavy atom. The zero-order chi connectivity index (χ0) is 20.0. The molecule has 3 rings (SSSR count). The Labute approximate surface area is 163 Å². The monoisotopic (exact) mass is 370 g/mol. The van der Waals surface area contributed by atoms with Gasteiger partial charge >= 0.3 is 0 Å². The first-order chi connectivity index (χ1) is 13.6. The molecule has 0 aliphatic carbocycles. The number of carbonyl (C=O) groups is 1. The summed E-state index contributed by atoms with van der Waals surface area (Å²) in [5.41, 5.74) is 2.85. The summed E-state index contributed by atoms with van der Waals surface area (Å²) < 4.78 is 1.72. The molecule has 0 spiro atoms. The molecule has 0 atom stereocenters. The Bertz CT molecular complexity index is 980. The second-order valence-corrected chi connectivity index (χ2v) is 6.80. The molecule has 2 aromatic carbocycles. The molecule has 3 aromatic rings. The summed E-state index contributed by atoms with van der Waals surface area (Å²) in [6.45, 7) is 0. The van der Waals surface area contributed by atoms with Gasteiger partial charge in [0.2, 0.25) is 0 Å². The van der Waals surface area contributed by atoms with E-state index >= 15 is 0 Å². The molecule has 0 radical (unpaired) electrons. The van der Waals surface area contributed by atoms with Crippen LogP contribution in [0, 0.1) is 16.2 Å². The van der Waals surface area contributed by atoms with Crippen molar-refractivity contribution in [3.05, 3.63) is 101 Å². The molecular formula is C23H22N4O. The van der Waals surface area contributed by atoms with E-state index in [1.54, 1.807) is 22.9 Å². The predicted octanol–water partition coefficient (Wildman–Crippen LogP) is 3.34. The molecule has 0 saturated heterocycles. The molecule has 0 saturated carbocycles. The summed E-state index contributed by atoms with van der Waals surface area (Å²) in [6, 6.07) is 20.4. The molecule has 5 heteroatoms. The number of hydrogen-bond donors (Lipinski definition) is 3. The van der Waals surface area contributed by atoms with Gasteiger partial charge in [0, 0.05) is 31.5 Å². The second kappa shape index (κ2) is 8.39. The van der Waals surface area contributed by atoms with E-state index in [4.69, 9.17) is 16.2 Å². The standard InChI is InChI=1S/C23H22N4O/c24-15-20-8-4-18(5-9-20)13-23(17-28,27-12-2-1-3-22(27)26)14-19-6-10-21(16-25)11-7-19/h1-12,15-17,24-26H,13-14H2. The van der Waals surface area contributed by atoms with Crippen molar-refractivity contribution >= 4 is 18.7 Å². The first-order valence-corrected chi connectivity index (χ1v) is 8.98. The van der Waals surface area contributed by atoms with Gasteiger partial charge in [0.15, 0.2) is 0 Å². The SMILES string of the molecule is N=Cc1ccc(CC(C=O)(Cc2ccc(C=N)cc2)n2ccccc2=N)cc1. The van der Waals surface area contributed by atoms with Crippen LogP contribution in [-0.2, 0) is 23.2 Å². The zero-order valence-electron chi connectivity index (χ0n) is 15.4. The third kappa shape index (κ3) is 4.04. The molecule has 0 amide bonds. The minimum Gasteiger partial charge on any atom is -0.320 e. The van der Waals surface area contributed by atoms with E-state index in [2.05, 4.69) is 0 Å².